The number of benzene rings is 2. The number of carbonyl (C=O) groups is 1. The molecular weight excluding hydrogens is 278 g/mol. The van der Waals surface area contributed by atoms with Gasteiger partial charge < -0.3 is 20.3 Å². The molecule has 0 saturated carbocycles. The Hall–Kier alpha value is -3.21. The van der Waals surface area contributed by atoms with E-state index in [9.17, 15) is 9.90 Å². The van der Waals surface area contributed by atoms with E-state index in [-0.39, 0.29) is 11.8 Å². The van der Waals surface area contributed by atoms with Crippen LogP contribution in [-0.2, 0) is 0 Å². The van der Waals surface area contributed by atoms with Crippen LogP contribution < -0.4 is 10.6 Å². The summed E-state index contributed by atoms with van der Waals surface area (Å²) < 4.78 is 1.99. The van der Waals surface area contributed by atoms with Crippen molar-refractivity contribution in [1.82, 2.24) is 4.57 Å². The van der Waals surface area contributed by atoms with E-state index < -0.39 is 0 Å². The fourth-order valence-electron chi connectivity index (χ4n) is 2.06. The molecule has 2 aromatic carbocycles. The highest BCUT2D eigenvalue weighted by atomic mass is 16.3. The van der Waals surface area contributed by atoms with Crippen LogP contribution in [0.1, 0.15) is 0 Å². The van der Waals surface area contributed by atoms with Gasteiger partial charge >= 0.3 is 6.03 Å². The molecule has 0 aliphatic heterocycles. The second-order valence-corrected chi connectivity index (χ2v) is 4.76. The van der Waals surface area contributed by atoms with Crippen molar-refractivity contribution in [2.75, 3.05) is 10.6 Å². The molecule has 0 saturated heterocycles. The van der Waals surface area contributed by atoms with Gasteiger partial charge in [0.25, 0.3) is 0 Å². The molecule has 1 aromatic heterocycles. The maximum Gasteiger partial charge on any atom is 0.323 e. The third-order valence-corrected chi connectivity index (χ3v) is 3.15. The Morgan fingerprint density at radius 3 is 1.86 bits per heavy atom. The fraction of sp³-hybridized carbons (Fsp3) is 0. The fourth-order valence-corrected chi connectivity index (χ4v) is 2.06. The van der Waals surface area contributed by atoms with Crippen LogP contribution in [0.25, 0.3) is 5.69 Å². The number of hydrogen-bond acceptors (Lipinski definition) is 2. The number of nitrogens with zero attached hydrogens (tertiary/aromatic N) is 1. The van der Waals surface area contributed by atoms with Gasteiger partial charge in [0.05, 0.1) is 0 Å². The summed E-state index contributed by atoms with van der Waals surface area (Å²) in [6, 6.07) is 17.4. The Labute approximate surface area is 127 Å². The van der Waals surface area contributed by atoms with E-state index in [1.165, 1.54) is 12.1 Å². The first-order valence-corrected chi connectivity index (χ1v) is 6.81. The van der Waals surface area contributed by atoms with Crippen molar-refractivity contribution in [2.24, 2.45) is 0 Å². The molecule has 0 atom stereocenters. The molecule has 3 rings (SSSR count). The second kappa shape index (κ2) is 6.05. The summed E-state index contributed by atoms with van der Waals surface area (Å²) in [5.41, 5.74) is 2.33. The van der Waals surface area contributed by atoms with E-state index in [0.29, 0.717) is 11.4 Å². The normalized spacial score (nSPS) is 10.2. The number of amides is 2. The average molecular weight is 293 g/mol. The molecule has 22 heavy (non-hydrogen) atoms. The van der Waals surface area contributed by atoms with E-state index in [4.69, 9.17) is 0 Å². The highest BCUT2D eigenvalue weighted by Crippen LogP contribution is 2.16. The number of phenolic OH excluding ortho intramolecular Hbond substituents is 1. The molecule has 0 radical (unpaired) electrons. The zero-order valence-electron chi connectivity index (χ0n) is 11.7. The highest BCUT2D eigenvalue weighted by Gasteiger charge is 2.03. The number of anilines is 2. The van der Waals surface area contributed by atoms with Crippen molar-refractivity contribution in [3.05, 3.63) is 73.1 Å². The number of aromatic nitrogens is 1. The van der Waals surface area contributed by atoms with Crippen LogP contribution in [0, 0.1) is 0 Å². The van der Waals surface area contributed by atoms with Gasteiger partial charge in [-0.3, -0.25) is 0 Å². The minimum atomic E-state index is -0.334. The maximum absolute atomic E-state index is 11.9. The van der Waals surface area contributed by atoms with Gasteiger partial charge in [-0.05, 0) is 60.7 Å². The van der Waals surface area contributed by atoms with Crippen LogP contribution >= 0.6 is 0 Å². The molecule has 0 unspecified atom stereocenters. The minimum Gasteiger partial charge on any atom is -0.508 e. The Morgan fingerprint density at radius 1 is 0.818 bits per heavy atom. The molecular formula is C17H15N3O2. The molecule has 5 nitrogen and oxygen atoms in total. The van der Waals surface area contributed by atoms with Crippen LogP contribution in [-0.4, -0.2) is 15.7 Å². The predicted molar refractivity (Wildman–Crippen MR) is 86.5 cm³/mol. The number of aromatic hydroxyl groups is 1. The summed E-state index contributed by atoms with van der Waals surface area (Å²) >= 11 is 0. The first-order valence-electron chi connectivity index (χ1n) is 6.81. The minimum absolute atomic E-state index is 0.159. The largest absolute Gasteiger partial charge is 0.508 e. The quantitative estimate of drug-likeness (QED) is 0.642. The zero-order valence-corrected chi connectivity index (χ0v) is 11.7. The summed E-state index contributed by atoms with van der Waals surface area (Å²) in [5, 5.41) is 14.6. The average Bonchev–Trinajstić information content (AvgIpc) is 3.05. The monoisotopic (exact) mass is 293 g/mol. The summed E-state index contributed by atoms with van der Waals surface area (Å²) in [7, 11) is 0. The lowest BCUT2D eigenvalue weighted by Crippen LogP contribution is -2.19. The van der Waals surface area contributed by atoms with Crippen molar-refractivity contribution in [3.63, 3.8) is 0 Å². The van der Waals surface area contributed by atoms with Crippen LogP contribution in [0.2, 0.25) is 0 Å². The Balaban J connectivity index is 1.63. The van der Waals surface area contributed by atoms with Crippen LogP contribution in [0.3, 0.4) is 0 Å². The van der Waals surface area contributed by atoms with Gasteiger partial charge in [0.1, 0.15) is 5.75 Å². The molecule has 1 heterocycles. The molecule has 0 bridgehead atoms. The number of phenols is 1. The number of nitrogens with one attached hydrogen (secondary N) is 2. The maximum atomic E-state index is 11.9. The van der Waals surface area contributed by atoms with E-state index >= 15 is 0 Å². The Bertz CT molecular complexity index is 748. The van der Waals surface area contributed by atoms with Gasteiger partial charge in [-0.15, -0.1) is 0 Å². The summed E-state index contributed by atoms with van der Waals surface area (Å²) in [5.74, 6) is 0.159. The number of rotatable bonds is 3. The van der Waals surface area contributed by atoms with Crippen LogP contribution in [0.5, 0.6) is 5.75 Å². The summed E-state index contributed by atoms with van der Waals surface area (Å²) in [6.45, 7) is 0. The summed E-state index contributed by atoms with van der Waals surface area (Å²) in [6.07, 6.45) is 3.92. The topological polar surface area (TPSA) is 66.3 Å². The van der Waals surface area contributed by atoms with Gasteiger partial charge in [0.2, 0.25) is 0 Å². The molecule has 0 aliphatic carbocycles. The lowest BCUT2D eigenvalue weighted by molar-refractivity contribution is 0.262. The van der Waals surface area contributed by atoms with Gasteiger partial charge in [-0.25, -0.2) is 4.79 Å². The van der Waals surface area contributed by atoms with Gasteiger partial charge in [0, 0.05) is 29.5 Å². The van der Waals surface area contributed by atoms with Crippen molar-refractivity contribution in [3.8, 4) is 11.4 Å². The number of hydrogen-bond donors (Lipinski definition) is 3. The third-order valence-electron chi connectivity index (χ3n) is 3.15. The molecule has 5 heteroatoms. The first kappa shape index (κ1) is 13.8. The molecule has 0 fully saturated rings. The highest BCUT2D eigenvalue weighted by molar-refractivity contribution is 5.99. The number of carbonyl (C=O) groups excluding carboxylic acids is 1. The van der Waals surface area contributed by atoms with Crippen molar-refractivity contribution < 1.29 is 9.90 Å². The lowest BCUT2D eigenvalue weighted by Gasteiger charge is -2.09. The van der Waals surface area contributed by atoms with E-state index in [1.807, 2.05) is 53.4 Å². The standard InChI is InChI=1S/C17H15N3O2/c21-16-9-5-14(6-10-16)19-17(22)18-13-3-7-15(8-4-13)20-11-1-2-12-20/h1-12,21H,(H2,18,19,22). The van der Waals surface area contributed by atoms with Crippen LogP contribution in [0.15, 0.2) is 73.1 Å². The van der Waals surface area contributed by atoms with E-state index in [2.05, 4.69) is 10.6 Å². The predicted octanol–water partition coefficient (Wildman–Crippen LogP) is 3.83. The second-order valence-electron chi connectivity index (χ2n) is 4.76. The SMILES string of the molecule is O=C(Nc1ccc(O)cc1)Nc1ccc(-n2cccc2)cc1. The molecule has 2 amide bonds. The van der Waals surface area contributed by atoms with Crippen molar-refractivity contribution in [2.45, 2.75) is 0 Å². The molecule has 3 N–H and O–H groups in total. The van der Waals surface area contributed by atoms with Crippen molar-refractivity contribution >= 4 is 17.4 Å². The first-order chi connectivity index (χ1) is 10.7. The van der Waals surface area contributed by atoms with E-state index in [0.717, 1.165) is 5.69 Å². The Kier molecular flexibility index (Phi) is 3.78. The lowest BCUT2D eigenvalue weighted by atomic mass is 10.3. The molecule has 0 spiro atoms. The zero-order chi connectivity index (χ0) is 15.4. The van der Waals surface area contributed by atoms with Crippen LogP contribution in [0.4, 0.5) is 16.2 Å². The van der Waals surface area contributed by atoms with Gasteiger partial charge in [0.15, 0.2) is 0 Å². The number of urea groups is 1. The van der Waals surface area contributed by atoms with Gasteiger partial charge in [-0.1, -0.05) is 0 Å². The Morgan fingerprint density at radius 2 is 1.32 bits per heavy atom. The molecule has 3 aromatic rings. The van der Waals surface area contributed by atoms with E-state index in [1.54, 1.807) is 12.1 Å². The van der Waals surface area contributed by atoms with Crippen molar-refractivity contribution in [1.29, 1.82) is 0 Å². The molecule has 110 valence electrons. The summed E-state index contributed by atoms with van der Waals surface area (Å²) in [4.78, 5) is 11.9. The molecule has 0 aliphatic rings. The van der Waals surface area contributed by atoms with Gasteiger partial charge in [-0.2, -0.15) is 0 Å². The smallest absolute Gasteiger partial charge is 0.323 e. The third kappa shape index (κ3) is 3.27.